The third-order valence-electron chi connectivity index (χ3n) is 3.55. The Balaban J connectivity index is 2.28. The zero-order chi connectivity index (χ0) is 15.1. The molecule has 0 aromatic heterocycles. The van der Waals surface area contributed by atoms with Crippen LogP contribution in [0.1, 0.15) is 30.5 Å². The van der Waals surface area contributed by atoms with Crippen molar-refractivity contribution in [1.29, 1.82) is 0 Å². The molecule has 0 saturated heterocycles. The number of rotatable bonds is 7. The Morgan fingerprint density at radius 2 is 1.67 bits per heavy atom. The summed E-state index contributed by atoms with van der Waals surface area (Å²) in [6.07, 6.45) is 2.90. The summed E-state index contributed by atoms with van der Waals surface area (Å²) in [6, 6.07) is 19.3. The Morgan fingerprint density at radius 1 is 1.05 bits per heavy atom. The van der Waals surface area contributed by atoms with Gasteiger partial charge in [0.15, 0.2) is 0 Å². The molecular formula is C19H23NO. The Morgan fingerprint density at radius 3 is 2.24 bits per heavy atom. The van der Waals surface area contributed by atoms with E-state index < -0.39 is 0 Å². The second-order valence-electron chi connectivity index (χ2n) is 5.21. The molecule has 0 amide bonds. The van der Waals surface area contributed by atoms with Crippen LogP contribution in [0.2, 0.25) is 0 Å². The van der Waals surface area contributed by atoms with Gasteiger partial charge in [-0.3, -0.25) is 0 Å². The van der Waals surface area contributed by atoms with Gasteiger partial charge in [0.2, 0.25) is 0 Å². The van der Waals surface area contributed by atoms with E-state index in [1.54, 1.807) is 7.11 Å². The summed E-state index contributed by atoms with van der Waals surface area (Å²) in [5.74, 6) is 0.879. The van der Waals surface area contributed by atoms with E-state index >= 15 is 0 Å². The van der Waals surface area contributed by atoms with Crippen molar-refractivity contribution >= 4 is 0 Å². The predicted octanol–water partition coefficient (Wildman–Crippen LogP) is 4.34. The van der Waals surface area contributed by atoms with Crippen molar-refractivity contribution in [3.63, 3.8) is 0 Å². The van der Waals surface area contributed by atoms with Crippen LogP contribution in [-0.2, 0) is 0 Å². The normalized spacial score (nSPS) is 13.4. The first-order valence-electron chi connectivity index (χ1n) is 7.30. The standard InChI is InChI=1S/C19H23NO/c1-4-8-15(2)20-19(16-9-6-5-7-10-16)17-11-13-18(21-3)14-12-17/h4-7,9-15,19-20H,1,8H2,2-3H3. The molecule has 0 aliphatic heterocycles. The fourth-order valence-corrected chi connectivity index (χ4v) is 2.43. The topological polar surface area (TPSA) is 21.3 Å². The van der Waals surface area contributed by atoms with Crippen LogP contribution in [0.4, 0.5) is 0 Å². The average Bonchev–Trinajstić information content (AvgIpc) is 2.54. The molecule has 0 aliphatic carbocycles. The first kappa shape index (κ1) is 15.3. The lowest BCUT2D eigenvalue weighted by Gasteiger charge is -2.24. The zero-order valence-electron chi connectivity index (χ0n) is 12.8. The summed E-state index contributed by atoms with van der Waals surface area (Å²) >= 11 is 0. The van der Waals surface area contributed by atoms with Gasteiger partial charge in [0.25, 0.3) is 0 Å². The molecule has 21 heavy (non-hydrogen) atoms. The molecule has 0 radical (unpaired) electrons. The fraction of sp³-hybridized carbons (Fsp3) is 0.263. The van der Waals surface area contributed by atoms with Crippen LogP contribution >= 0.6 is 0 Å². The SMILES string of the molecule is C=CCC(C)NC(c1ccccc1)c1ccc(OC)cc1. The lowest BCUT2D eigenvalue weighted by atomic mass is 9.97. The highest BCUT2D eigenvalue weighted by atomic mass is 16.5. The second kappa shape index (κ2) is 7.65. The van der Waals surface area contributed by atoms with Crippen LogP contribution in [0.15, 0.2) is 67.3 Å². The summed E-state index contributed by atoms with van der Waals surface area (Å²) in [5.41, 5.74) is 2.50. The van der Waals surface area contributed by atoms with E-state index in [0.29, 0.717) is 6.04 Å². The molecule has 0 fully saturated rings. The number of nitrogens with one attached hydrogen (secondary N) is 1. The van der Waals surface area contributed by atoms with Gasteiger partial charge in [-0.2, -0.15) is 0 Å². The van der Waals surface area contributed by atoms with Crippen molar-refractivity contribution in [2.75, 3.05) is 7.11 Å². The van der Waals surface area contributed by atoms with Crippen molar-refractivity contribution in [2.24, 2.45) is 0 Å². The van der Waals surface area contributed by atoms with Crippen LogP contribution in [0, 0.1) is 0 Å². The number of methoxy groups -OCH3 is 1. The molecule has 2 unspecified atom stereocenters. The molecule has 2 nitrogen and oxygen atoms in total. The highest BCUT2D eigenvalue weighted by molar-refractivity contribution is 5.35. The van der Waals surface area contributed by atoms with Gasteiger partial charge in [-0.05, 0) is 36.6 Å². The van der Waals surface area contributed by atoms with Crippen LogP contribution in [0.5, 0.6) is 5.75 Å². The van der Waals surface area contributed by atoms with Crippen LogP contribution in [0.3, 0.4) is 0 Å². The molecule has 0 heterocycles. The van der Waals surface area contributed by atoms with E-state index in [1.807, 2.05) is 24.3 Å². The van der Waals surface area contributed by atoms with Gasteiger partial charge < -0.3 is 10.1 Å². The molecule has 1 N–H and O–H groups in total. The molecule has 2 heteroatoms. The van der Waals surface area contributed by atoms with Gasteiger partial charge in [0.1, 0.15) is 5.75 Å². The van der Waals surface area contributed by atoms with E-state index in [1.165, 1.54) is 11.1 Å². The number of benzene rings is 2. The monoisotopic (exact) mass is 281 g/mol. The van der Waals surface area contributed by atoms with E-state index in [0.717, 1.165) is 12.2 Å². The summed E-state index contributed by atoms with van der Waals surface area (Å²) in [7, 11) is 1.69. The predicted molar refractivity (Wildman–Crippen MR) is 88.7 cm³/mol. The maximum atomic E-state index is 5.24. The van der Waals surface area contributed by atoms with E-state index in [9.17, 15) is 0 Å². The maximum Gasteiger partial charge on any atom is 0.118 e. The smallest absolute Gasteiger partial charge is 0.118 e. The molecule has 0 aliphatic rings. The lowest BCUT2D eigenvalue weighted by molar-refractivity contribution is 0.414. The van der Waals surface area contributed by atoms with Gasteiger partial charge in [-0.1, -0.05) is 48.5 Å². The second-order valence-corrected chi connectivity index (χ2v) is 5.21. The molecule has 0 spiro atoms. The summed E-state index contributed by atoms with van der Waals surface area (Å²) in [5, 5.41) is 3.68. The molecule has 0 saturated carbocycles. The van der Waals surface area contributed by atoms with Crippen LogP contribution in [0.25, 0.3) is 0 Å². The van der Waals surface area contributed by atoms with Gasteiger partial charge in [-0.15, -0.1) is 6.58 Å². The Bertz CT molecular complexity index is 548. The highest BCUT2D eigenvalue weighted by Crippen LogP contribution is 2.25. The number of hydrogen-bond acceptors (Lipinski definition) is 2. The van der Waals surface area contributed by atoms with Gasteiger partial charge >= 0.3 is 0 Å². The molecule has 2 aromatic rings. The Labute approximate surface area is 127 Å². The minimum Gasteiger partial charge on any atom is -0.497 e. The van der Waals surface area contributed by atoms with Crippen molar-refractivity contribution in [3.8, 4) is 5.75 Å². The Kier molecular flexibility index (Phi) is 5.59. The molecule has 2 rings (SSSR count). The minimum absolute atomic E-state index is 0.173. The van der Waals surface area contributed by atoms with Crippen LogP contribution in [-0.4, -0.2) is 13.2 Å². The molecule has 2 atom stereocenters. The zero-order valence-corrected chi connectivity index (χ0v) is 12.8. The highest BCUT2D eigenvalue weighted by Gasteiger charge is 2.15. The summed E-state index contributed by atoms with van der Waals surface area (Å²) in [4.78, 5) is 0. The van der Waals surface area contributed by atoms with E-state index in [2.05, 4.69) is 55.2 Å². The van der Waals surface area contributed by atoms with Gasteiger partial charge in [0.05, 0.1) is 13.2 Å². The van der Waals surface area contributed by atoms with E-state index in [4.69, 9.17) is 4.74 Å². The first-order chi connectivity index (χ1) is 10.2. The third-order valence-corrected chi connectivity index (χ3v) is 3.55. The van der Waals surface area contributed by atoms with Crippen LogP contribution < -0.4 is 10.1 Å². The number of hydrogen-bond donors (Lipinski definition) is 1. The van der Waals surface area contributed by atoms with Crippen molar-refractivity contribution in [2.45, 2.75) is 25.4 Å². The van der Waals surface area contributed by atoms with E-state index in [-0.39, 0.29) is 6.04 Å². The third kappa shape index (κ3) is 4.20. The fourth-order valence-electron chi connectivity index (χ4n) is 2.43. The lowest BCUT2D eigenvalue weighted by Crippen LogP contribution is -2.30. The summed E-state index contributed by atoms with van der Waals surface area (Å²) < 4.78 is 5.24. The Hall–Kier alpha value is -2.06. The molecular weight excluding hydrogens is 258 g/mol. The average molecular weight is 281 g/mol. The summed E-state index contributed by atoms with van der Waals surface area (Å²) in [6.45, 7) is 6.00. The van der Waals surface area contributed by atoms with Gasteiger partial charge in [0, 0.05) is 6.04 Å². The van der Waals surface area contributed by atoms with Crippen molar-refractivity contribution in [3.05, 3.63) is 78.4 Å². The number of ether oxygens (including phenoxy) is 1. The maximum absolute atomic E-state index is 5.24. The van der Waals surface area contributed by atoms with Gasteiger partial charge in [-0.25, -0.2) is 0 Å². The minimum atomic E-state index is 0.173. The molecule has 2 aromatic carbocycles. The van der Waals surface area contributed by atoms with Crippen molar-refractivity contribution in [1.82, 2.24) is 5.32 Å². The molecule has 110 valence electrons. The largest absolute Gasteiger partial charge is 0.497 e. The first-order valence-corrected chi connectivity index (χ1v) is 7.30. The van der Waals surface area contributed by atoms with Crippen molar-refractivity contribution < 1.29 is 4.74 Å². The molecule has 0 bridgehead atoms. The quantitative estimate of drug-likeness (QED) is 0.762.